The standard InChI is InChI=1S/C13H21N3O2/c1-4-6-14-13-10-8-18-7-5-11(10)15-12(16-13)9(2)17-3/h9H,4-8H2,1-3H3,(H,14,15,16). The maximum absolute atomic E-state index is 5.49. The van der Waals surface area contributed by atoms with E-state index in [2.05, 4.69) is 22.2 Å². The van der Waals surface area contributed by atoms with E-state index in [0.29, 0.717) is 6.61 Å². The number of nitrogens with zero attached hydrogens (tertiary/aromatic N) is 2. The van der Waals surface area contributed by atoms with Crippen molar-refractivity contribution in [3.05, 3.63) is 17.1 Å². The van der Waals surface area contributed by atoms with Gasteiger partial charge in [0.2, 0.25) is 0 Å². The molecule has 2 rings (SSSR count). The molecule has 1 atom stereocenters. The minimum absolute atomic E-state index is 0.0830. The lowest BCUT2D eigenvalue weighted by molar-refractivity contribution is 0.102. The minimum Gasteiger partial charge on any atom is -0.376 e. The van der Waals surface area contributed by atoms with E-state index in [1.54, 1.807) is 7.11 Å². The molecule has 0 saturated carbocycles. The molecule has 0 aliphatic carbocycles. The Morgan fingerprint density at radius 3 is 3.00 bits per heavy atom. The lowest BCUT2D eigenvalue weighted by atomic mass is 10.1. The Kier molecular flexibility index (Phi) is 4.49. The maximum atomic E-state index is 5.49. The molecule has 5 nitrogen and oxygen atoms in total. The van der Waals surface area contributed by atoms with E-state index < -0.39 is 0 Å². The topological polar surface area (TPSA) is 56.3 Å². The van der Waals surface area contributed by atoms with Gasteiger partial charge in [0.05, 0.1) is 18.9 Å². The van der Waals surface area contributed by atoms with Gasteiger partial charge in [-0.3, -0.25) is 0 Å². The number of nitrogens with one attached hydrogen (secondary N) is 1. The van der Waals surface area contributed by atoms with Gasteiger partial charge in [-0.2, -0.15) is 0 Å². The molecule has 1 unspecified atom stereocenters. The highest BCUT2D eigenvalue weighted by molar-refractivity contribution is 5.47. The van der Waals surface area contributed by atoms with Crippen molar-refractivity contribution in [3.63, 3.8) is 0 Å². The molecule has 100 valence electrons. The van der Waals surface area contributed by atoms with Crippen LogP contribution in [-0.2, 0) is 22.5 Å². The summed E-state index contributed by atoms with van der Waals surface area (Å²) in [5.74, 6) is 1.65. The first-order valence-electron chi connectivity index (χ1n) is 6.50. The van der Waals surface area contributed by atoms with Crippen LogP contribution in [0.2, 0.25) is 0 Å². The van der Waals surface area contributed by atoms with E-state index in [9.17, 15) is 0 Å². The molecule has 18 heavy (non-hydrogen) atoms. The monoisotopic (exact) mass is 251 g/mol. The second-order valence-corrected chi connectivity index (χ2v) is 4.46. The maximum Gasteiger partial charge on any atom is 0.159 e. The van der Waals surface area contributed by atoms with Crippen LogP contribution in [0.25, 0.3) is 0 Å². The number of rotatable bonds is 5. The van der Waals surface area contributed by atoms with Crippen LogP contribution in [0, 0.1) is 0 Å². The predicted octanol–water partition coefficient (Wildman–Crippen LogP) is 2.08. The van der Waals surface area contributed by atoms with Gasteiger partial charge < -0.3 is 14.8 Å². The van der Waals surface area contributed by atoms with Gasteiger partial charge in [0.1, 0.15) is 11.9 Å². The van der Waals surface area contributed by atoms with Crippen molar-refractivity contribution in [1.29, 1.82) is 0 Å². The van der Waals surface area contributed by atoms with Crippen LogP contribution < -0.4 is 5.32 Å². The number of fused-ring (bicyclic) bond motifs is 1. The number of methoxy groups -OCH3 is 1. The van der Waals surface area contributed by atoms with Crippen LogP contribution in [0.1, 0.15) is 43.5 Å². The predicted molar refractivity (Wildman–Crippen MR) is 69.6 cm³/mol. The molecule has 5 heteroatoms. The van der Waals surface area contributed by atoms with Crippen LogP contribution in [0.5, 0.6) is 0 Å². The van der Waals surface area contributed by atoms with Gasteiger partial charge in [-0.15, -0.1) is 0 Å². The molecule has 1 aromatic heterocycles. The summed E-state index contributed by atoms with van der Waals surface area (Å²) in [4.78, 5) is 9.16. The third-order valence-corrected chi connectivity index (χ3v) is 3.10. The molecule has 0 bridgehead atoms. The van der Waals surface area contributed by atoms with E-state index in [4.69, 9.17) is 9.47 Å². The van der Waals surface area contributed by atoms with Crippen LogP contribution in [0.3, 0.4) is 0 Å². The lowest BCUT2D eigenvalue weighted by Crippen LogP contribution is -2.19. The molecule has 0 saturated heterocycles. The zero-order valence-electron chi connectivity index (χ0n) is 11.3. The van der Waals surface area contributed by atoms with Crippen molar-refractivity contribution in [2.24, 2.45) is 0 Å². The third kappa shape index (κ3) is 2.79. The minimum atomic E-state index is -0.0830. The van der Waals surface area contributed by atoms with Gasteiger partial charge in [-0.05, 0) is 13.3 Å². The van der Waals surface area contributed by atoms with Crippen LogP contribution >= 0.6 is 0 Å². The van der Waals surface area contributed by atoms with Crippen LogP contribution in [0.15, 0.2) is 0 Å². The Labute approximate surface area is 108 Å². The third-order valence-electron chi connectivity index (χ3n) is 3.10. The molecule has 0 amide bonds. The first-order valence-corrected chi connectivity index (χ1v) is 6.50. The highest BCUT2D eigenvalue weighted by Gasteiger charge is 2.20. The summed E-state index contributed by atoms with van der Waals surface area (Å²) >= 11 is 0. The Hall–Kier alpha value is -1.20. The second kappa shape index (κ2) is 6.11. The van der Waals surface area contributed by atoms with Crippen LogP contribution in [-0.4, -0.2) is 30.2 Å². The van der Waals surface area contributed by atoms with Gasteiger partial charge in [-0.25, -0.2) is 9.97 Å². The fourth-order valence-electron chi connectivity index (χ4n) is 1.93. The van der Waals surface area contributed by atoms with Gasteiger partial charge >= 0.3 is 0 Å². The highest BCUT2D eigenvalue weighted by atomic mass is 16.5. The van der Waals surface area contributed by atoms with Crippen LogP contribution in [0.4, 0.5) is 5.82 Å². The van der Waals surface area contributed by atoms with E-state index >= 15 is 0 Å². The van der Waals surface area contributed by atoms with E-state index in [-0.39, 0.29) is 6.10 Å². The molecule has 0 aromatic carbocycles. The number of anilines is 1. The molecule has 1 aliphatic rings. The molecule has 0 fully saturated rings. The van der Waals surface area contributed by atoms with Crippen molar-refractivity contribution < 1.29 is 9.47 Å². The Morgan fingerprint density at radius 1 is 1.44 bits per heavy atom. The van der Waals surface area contributed by atoms with E-state index in [1.165, 1.54) is 0 Å². The van der Waals surface area contributed by atoms with Crippen molar-refractivity contribution in [2.45, 2.75) is 39.4 Å². The van der Waals surface area contributed by atoms with E-state index in [0.717, 1.165) is 48.9 Å². The average molecular weight is 251 g/mol. The smallest absolute Gasteiger partial charge is 0.159 e. The summed E-state index contributed by atoms with van der Waals surface area (Å²) in [6, 6.07) is 0. The molecular formula is C13H21N3O2. The summed E-state index contributed by atoms with van der Waals surface area (Å²) in [5, 5.41) is 3.36. The number of aromatic nitrogens is 2. The average Bonchev–Trinajstić information content (AvgIpc) is 2.43. The summed E-state index contributed by atoms with van der Waals surface area (Å²) in [6.45, 7) is 6.34. The van der Waals surface area contributed by atoms with Crippen molar-refractivity contribution in [2.75, 3.05) is 25.6 Å². The number of hydrogen-bond donors (Lipinski definition) is 1. The molecule has 1 aliphatic heterocycles. The summed E-state index contributed by atoms with van der Waals surface area (Å²) in [6.07, 6.45) is 1.83. The summed E-state index contributed by atoms with van der Waals surface area (Å²) < 4.78 is 10.8. The Morgan fingerprint density at radius 2 is 2.28 bits per heavy atom. The van der Waals surface area contributed by atoms with Gasteiger partial charge in [0.25, 0.3) is 0 Å². The number of hydrogen-bond acceptors (Lipinski definition) is 5. The largest absolute Gasteiger partial charge is 0.376 e. The first kappa shape index (κ1) is 13.2. The zero-order chi connectivity index (χ0) is 13.0. The zero-order valence-corrected chi connectivity index (χ0v) is 11.3. The Balaban J connectivity index is 2.34. The van der Waals surface area contributed by atoms with Gasteiger partial charge in [0, 0.05) is 25.6 Å². The summed E-state index contributed by atoms with van der Waals surface area (Å²) in [5.41, 5.74) is 2.19. The first-order chi connectivity index (χ1) is 8.76. The number of ether oxygens (including phenoxy) is 2. The fraction of sp³-hybridized carbons (Fsp3) is 0.692. The second-order valence-electron chi connectivity index (χ2n) is 4.46. The van der Waals surface area contributed by atoms with E-state index in [1.807, 2.05) is 6.92 Å². The quantitative estimate of drug-likeness (QED) is 0.868. The fourth-order valence-corrected chi connectivity index (χ4v) is 1.93. The van der Waals surface area contributed by atoms with Crippen molar-refractivity contribution in [3.8, 4) is 0 Å². The Bertz CT molecular complexity index is 409. The highest BCUT2D eigenvalue weighted by Crippen LogP contribution is 2.24. The van der Waals surface area contributed by atoms with Gasteiger partial charge in [0.15, 0.2) is 5.82 Å². The summed E-state index contributed by atoms with van der Waals surface area (Å²) in [7, 11) is 1.68. The van der Waals surface area contributed by atoms with Crippen molar-refractivity contribution >= 4 is 5.82 Å². The van der Waals surface area contributed by atoms with Crippen molar-refractivity contribution in [1.82, 2.24) is 9.97 Å². The van der Waals surface area contributed by atoms with Gasteiger partial charge in [-0.1, -0.05) is 6.92 Å². The molecule has 0 radical (unpaired) electrons. The molecule has 1 aromatic rings. The molecule has 1 N–H and O–H groups in total. The molecule has 0 spiro atoms. The molecule has 2 heterocycles. The normalized spacial score (nSPS) is 16.2. The SMILES string of the molecule is CCCNc1nc(C(C)OC)nc2c1COCC2. The molecular weight excluding hydrogens is 230 g/mol. The lowest BCUT2D eigenvalue weighted by Gasteiger charge is -2.21.